The lowest BCUT2D eigenvalue weighted by atomic mass is 10.1. The Kier molecular flexibility index (Phi) is 5.77. The van der Waals surface area contributed by atoms with E-state index in [-0.39, 0.29) is 12.3 Å². The molecule has 1 amide bonds. The average Bonchev–Trinajstić information content (AvgIpc) is 3.25. The smallest absolute Gasteiger partial charge is 0.260 e. The first-order valence-corrected chi connectivity index (χ1v) is 9.62. The van der Waals surface area contributed by atoms with Crippen molar-refractivity contribution >= 4 is 23.2 Å². The minimum atomic E-state index is -0.154. The molecule has 4 rings (SSSR count). The molecule has 0 radical (unpaired) electrons. The molecule has 0 bridgehead atoms. The zero-order valence-electron chi connectivity index (χ0n) is 16.1. The predicted molar refractivity (Wildman–Crippen MR) is 116 cm³/mol. The summed E-state index contributed by atoms with van der Waals surface area (Å²) in [5.41, 5.74) is 2.77. The van der Waals surface area contributed by atoms with E-state index in [2.05, 4.69) is 15.5 Å². The summed E-state index contributed by atoms with van der Waals surface area (Å²) in [6.07, 6.45) is 0.229. The predicted octanol–water partition coefficient (Wildman–Crippen LogP) is 5.25. The van der Waals surface area contributed by atoms with Crippen molar-refractivity contribution in [3.63, 3.8) is 0 Å². The summed E-state index contributed by atoms with van der Waals surface area (Å²) in [5.74, 6) is 1.27. The van der Waals surface area contributed by atoms with Crippen molar-refractivity contribution < 1.29 is 14.1 Å². The first-order chi connectivity index (χ1) is 14.6. The molecule has 0 spiro atoms. The standard InChI is InChI=1S/C23H18ClN3O3/c1-29-16-12-10-15(11-13-16)14-21(28)25-20-9-5-3-7-18(20)23-26-22(27-30-23)17-6-2-4-8-19(17)24/h2-13H,14H2,1H3,(H,25,28). The molecule has 0 unspecified atom stereocenters. The van der Waals surface area contributed by atoms with Crippen LogP contribution in [0.1, 0.15) is 5.56 Å². The number of benzene rings is 3. The van der Waals surface area contributed by atoms with Gasteiger partial charge >= 0.3 is 0 Å². The molecule has 7 heteroatoms. The van der Waals surface area contributed by atoms with E-state index in [0.717, 1.165) is 11.3 Å². The molecule has 1 heterocycles. The maximum Gasteiger partial charge on any atom is 0.260 e. The molecule has 0 saturated heterocycles. The third kappa shape index (κ3) is 4.34. The average molecular weight is 420 g/mol. The minimum Gasteiger partial charge on any atom is -0.497 e. The van der Waals surface area contributed by atoms with Gasteiger partial charge in [-0.3, -0.25) is 4.79 Å². The molecule has 30 heavy (non-hydrogen) atoms. The molecule has 0 aliphatic heterocycles. The zero-order valence-corrected chi connectivity index (χ0v) is 16.9. The van der Waals surface area contributed by atoms with Gasteiger partial charge in [-0.25, -0.2) is 0 Å². The normalized spacial score (nSPS) is 10.6. The maximum absolute atomic E-state index is 12.6. The Morgan fingerprint density at radius 2 is 1.70 bits per heavy atom. The molecule has 1 aromatic heterocycles. The molecule has 6 nitrogen and oxygen atoms in total. The summed E-state index contributed by atoms with van der Waals surface area (Å²) in [6, 6.07) is 21.9. The van der Waals surface area contributed by atoms with Crippen LogP contribution in [0.3, 0.4) is 0 Å². The monoisotopic (exact) mass is 419 g/mol. The zero-order chi connectivity index (χ0) is 20.9. The number of amides is 1. The second-order valence-corrected chi connectivity index (χ2v) is 6.93. The van der Waals surface area contributed by atoms with Gasteiger partial charge in [-0.2, -0.15) is 4.98 Å². The molecule has 0 saturated carbocycles. The Morgan fingerprint density at radius 3 is 2.43 bits per heavy atom. The van der Waals surface area contributed by atoms with E-state index in [0.29, 0.717) is 33.6 Å². The van der Waals surface area contributed by atoms with Crippen LogP contribution in [0.15, 0.2) is 77.3 Å². The highest BCUT2D eigenvalue weighted by atomic mass is 35.5. The van der Waals surface area contributed by atoms with Crippen molar-refractivity contribution in [3.8, 4) is 28.6 Å². The molecule has 3 aromatic carbocycles. The Balaban J connectivity index is 1.54. The molecule has 0 fully saturated rings. The van der Waals surface area contributed by atoms with Gasteiger partial charge in [0, 0.05) is 5.56 Å². The van der Waals surface area contributed by atoms with Crippen molar-refractivity contribution in [3.05, 3.63) is 83.4 Å². The number of anilines is 1. The van der Waals surface area contributed by atoms with Crippen LogP contribution in [-0.2, 0) is 11.2 Å². The third-order valence-electron chi connectivity index (χ3n) is 4.50. The van der Waals surface area contributed by atoms with Gasteiger partial charge in [-0.15, -0.1) is 0 Å². The number of rotatable bonds is 6. The summed E-state index contributed by atoms with van der Waals surface area (Å²) >= 11 is 6.22. The Morgan fingerprint density at radius 1 is 1.00 bits per heavy atom. The summed E-state index contributed by atoms with van der Waals surface area (Å²) in [6.45, 7) is 0. The number of nitrogens with zero attached hydrogens (tertiary/aromatic N) is 2. The number of para-hydroxylation sites is 1. The van der Waals surface area contributed by atoms with E-state index in [9.17, 15) is 4.79 Å². The quantitative estimate of drug-likeness (QED) is 0.462. The van der Waals surface area contributed by atoms with E-state index in [4.69, 9.17) is 20.9 Å². The van der Waals surface area contributed by atoms with Crippen LogP contribution >= 0.6 is 11.6 Å². The second-order valence-electron chi connectivity index (χ2n) is 6.52. The van der Waals surface area contributed by atoms with Crippen LogP contribution in [0.5, 0.6) is 5.75 Å². The molecule has 0 aliphatic carbocycles. The molecular formula is C23H18ClN3O3. The lowest BCUT2D eigenvalue weighted by Gasteiger charge is -2.09. The van der Waals surface area contributed by atoms with Crippen molar-refractivity contribution in [2.45, 2.75) is 6.42 Å². The van der Waals surface area contributed by atoms with Gasteiger partial charge in [-0.05, 0) is 42.0 Å². The van der Waals surface area contributed by atoms with Crippen molar-refractivity contribution in [1.82, 2.24) is 10.1 Å². The number of aromatic nitrogens is 2. The number of carbonyl (C=O) groups excluding carboxylic acids is 1. The second kappa shape index (κ2) is 8.80. The number of hydrogen-bond acceptors (Lipinski definition) is 5. The number of methoxy groups -OCH3 is 1. The van der Waals surface area contributed by atoms with Gasteiger partial charge in [0.2, 0.25) is 11.7 Å². The highest BCUT2D eigenvalue weighted by Crippen LogP contribution is 2.30. The van der Waals surface area contributed by atoms with E-state index in [1.165, 1.54) is 0 Å². The number of hydrogen-bond donors (Lipinski definition) is 1. The van der Waals surface area contributed by atoms with Gasteiger partial charge in [0.15, 0.2) is 0 Å². The van der Waals surface area contributed by atoms with E-state index in [1.54, 1.807) is 19.2 Å². The molecule has 1 N–H and O–H groups in total. The van der Waals surface area contributed by atoms with E-state index in [1.807, 2.05) is 60.7 Å². The summed E-state index contributed by atoms with van der Waals surface area (Å²) in [4.78, 5) is 17.0. The summed E-state index contributed by atoms with van der Waals surface area (Å²) < 4.78 is 10.6. The highest BCUT2D eigenvalue weighted by molar-refractivity contribution is 6.33. The number of ether oxygens (including phenoxy) is 1. The van der Waals surface area contributed by atoms with Gasteiger partial charge in [0.05, 0.1) is 29.8 Å². The van der Waals surface area contributed by atoms with Crippen molar-refractivity contribution in [2.24, 2.45) is 0 Å². The number of nitrogens with one attached hydrogen (secondary N) is 1. The Hall–Kier alpha value is -3.64. The molecule has 4 aromatic rings. The van der Waals surface area contributed by atoms with Gasteiger partial charge in [0.25, 0.3) is 5.89 Å². The first-order valence-electron chi connectivity index (χ1n) is 9.25. The Bertz CT molecular complexity index is 1170. The highest BCUT2D eigenvalue weighted by Gasteiger charge is 2.16. The summed E-state index contributed by atoms with van der Waals surface area (Å²) in [5, 5.41) is 7.49. The van der Waals surface area contributed by atoms with Crippen LogP contribution in [0.25, 0.3) is 22.8 Å². The maximum atomic E-state index is 12.6. The topological polar surface area (TPSA) is 77.2 Å². The third-order valence-corrected chi connectivity index (χ3v) is 4.83. The van der Waals surface area contributed by atoms with Crippen LogP contribution in [0, 0.1) is 0 Å². The minimum absolute atomic E-state index is 0.154. The van der Waals surface area contributed by atoms with Crippen LogP contribution < -0.4 is 10.1 Å². The van der Waals surface area contributed by atoms with Crippen molar-refractivity contribution in [1.29, 1.82) is 0 Å². The van der Waals surface area contributed by atoms with E-state index >= 15 is 0 Å². The molecule has 0 aliphatic rings. The largest absolute Gasteiger partial charge is 0.497 e. The SMILES string of the molecule is COc1ccc(CC(=O)Nc2ccccc2-c2nc(-c3ccccc3Cl)no2)cc1. The van der Waals surface area contributed by atoms with E-state index < -0.39 is 0 Å². The van der Waals surface area contributed by atoms with Gasteiger partial charge in [0.1, 0.15) is 5.75 Å². The molecule has 150 valence electrons. The fourth-order valence-electron chi connectivity index (χ4n) is 2.99. The first kappa shape index (κ1) is 19.7. The van der Waals surface area contributed by atoms with Crippen LogP contribution in [0.2, 0.25) is 5.02 Å². The lowest BCUT2D eigenvalue weighted by Crippen LogP contribution is -2.15. The fraction of sp³-hybridized carbons (Fsp3) is 0.0870. The molecule has 0 atom stereocenters. The fourth-order valence-corrected chi connectivity index (χ4v) is 3.21. The Labute approximate surface area is 178 Å². The van der Waals surface area contributed by atoms with Crippen molar-refractivity contribution in [2.75, 3.05) is 12.4 Å². The number of carbonyl (C=O) groups is 1. The number of halogens is 1. The van der Waals surface area contributed by atoms with Crippen LogP contribution in [0.4, 0.5) is 5.69 Å². The van der Waals surface area contributed by atoms with Gasteiger partial charge < -0.3 is 14.6 Å². The molecular weight excluding hydrogens is 402 g/mol. The van der Waals surface area contributed by atoms with Crippen LogP contribution in [-0.4, -0.2) is 23.2 Å². The summed E-state index contributed by atoms with van der Waals surface area (Å²) in [7, 11) is 1.60. The van der Waals surface area contributed by atoms with Gasteiger partial charge in [-0.1, -0.05) is 53.2 Å². The lowest BCUT2D eigenvalue weighted by molar-refractivity contribution is -0.115.